The summed E-state index contributed by atoms with van der Waals surface area (Å²) in [5.41, 5.74) is -0.164. The van der Waals surface area contributed by atoms with Crippen molar-refractivity contribution in [3.8, 4) is 34.5 Å². The van der Waals surface area contributed by atoms with Crippen molar-refractivity contribution in [3.05, 3.63) is 110 Å². The predicted molar refractivity (Wildman–Crippen MR) is 268 cm³/mol. The average Bonchev–Trinajstić information content (AvgIpc) is 3.44. The molecule has 0 atom stereocenters. The number of esters is 8. The predicted octanol–water partition coefficient (Wildman–Crippen LogP) is 7.24. The number of hydrogen-bond acceptors (Lipinski definition) is 20. The molecule has 2 aliphatic rings. The van der Waals surface area contributed by atoms with Crippen molar-refractivity contribution >= 4 is 47.8 Å². The molecule has 0 radical (unpaired) electrons. The molecule has 2 saturated carbocycles. The van der Waals surface area contributed by atoms with Crippen molar-refractivity contribution in [3.63, 3.8) is 0 Å². The highest BCUT2D eigenvalue weighted by atomic mass is 16.6. The molecule has 2 aliphatic carbocycles. The second-order valence-electron chi connectivity index (χ2n) is 17.3. The zero-order valence-electron chi connectivity index (χ0n) is 42.3. The van der Waals surface area contributed by atoms with Gasteiger partial charge >= 0.3 is 47.8 Å². The van der Waals surface area contributed by atoms with Gasteiger partial charge in [-0.2, -0.15) is 0 Å². The molecule has 3 aromatic carbocycles. The van der Waals surface area contributed by atoms with Crippen LogP contribution in [0.2, 0.25) is 0 Å². The third-order valence-corrected chi connectivity index (χ3v) is 11.9. The number of rotatable bonds is 31. The summed E-state index contributed by atoms with van der Waals surface area (Å²) in [5.74, 6) is -4.97. The largest absolute Gasteiger partial charge is 0.491 e. The molecule has 20 heteroatoms. The van der Waals surface area contributed by atoms with Gasteiger partial charge in [-0.15, -0.1) is 0 Å². The molecule has 0 N–H and O–H groups in total. The summed E-state index contributed by atoms with van der Waals surface area (Å²) in [7, 11) is 0. The van der Waals surface area contributed by atoms with Gasteiger partial charge in [-0.3, -0.25) is 19.2 Å². The van der Waals surface area contributed by atoms with Gasteiger partial charge in [0.15, 0.2) is 0 Å². The van der Waals surface area contributed by atoms with Crippen LogP contribution >= 0.6 is 0 Å². The Morgan fingerprint density at radius 2 is 0.711 bits per heavy atom. The topological polar surface area (TPSA) is 247 Å². The van der Waals surface area contributed by atoms with Crippen LogP contribution in [0, 0.1) is 23.7 Å². The molecule has 76 heavy (non-hydrogen) atoms. The lowest BCUT2D eigenvalue weighted by Gasteiger charge is -2.26. The van der Waals surface area contributed by atoms with Crippen LogP contribution in [0.4, 0.5) is 0 Å². The highest BCUT2D eigenvalue weighted by Crippen LogP contribution is 2.35. The van der Waals surface area contributed by atoms with E-state index in [2.05, 4.69) is 19.7 Å². The fourth-order valence-electron chi connectivity index (χ4n) is 7.79. The maximum Gasteiger partial charge on any atom is 0.342 e. The van der Waals surface area contributed by atoms with E-state index < -0.39 is 71.4 Å². The number of carbonyl (C=O) groups is 8. The molecule has 0 amide bonds. The highest BCUT2D eigenvalue weighted by Gasteiger charge is 2.35. The number of carbonyl (C=O) groups excluding carboxylic acids is 8. The van der Waals surface area contributed by atoms with Crippen LogP contribution in [0.15, 0.2) is 105 Å². The average molecular weight is 1060 g/mol. The van der Waals surface area contributed by atoms with E-state index in [4.69, 9.17) is 56.8 Å². The van der Waals surface area contributed by atoms with Gasteiger partial charge in [0.25, 0.3) is 0 Å². The normalized spacial score (nSPS) is 16.8. The fraction of sp³-hybridized carbons (Fsp3) is 0.429. The molecule has 2 fully saturated rings. The molecule has 0 aliphatic heterocycles. The van der Waals surface area contributed by atoms with Gasteiger partial charge in [0.1, 0.15) is 66.5 Å². The maximum absolute atomic E-state index is 13.6. The summed E-state index contributed by atoms with van der Waals surface area (Å²) in [5, 5.41) is 0. The maximum atomic E-state index is 13.6. The van der Waals surface area contributed by atoms with Gasteiger partial charge in [0.2, 0.25) is 0 Å². The molecular formula is C56H64O20. The molecule has 0 bridgehead atoms. The third-order valence-electron chi connectivity index (χ3n) is 11.9. The Morgan fingerprint density at radius 3 is 1.12 bits per heavy atom. The zero-order chi connectivity index (χ0) is 54.5. The molecule has 0 heterocycles. The molecular weight excluding hydrogens is 993 g/mol. The van der Waals surface area contributed by atoms with Crippen molar-refractivity contribution in [2.24, 2.45) is 23.7 Å². The van der Waals surface area contributed by atoms with Crippen molar-refractivity contribution in [1.29, 1.82) is 0 Å². The second-order valence-corrected chi connectivity index (χ2v) is 17.3. The molecule has 0 spiro atoms. The van der Waals surface area contributed by atoms with Crippen LogP contribution in [0.1, 0.15) is 74.6 Å². The summed E-state index contributed by atoms with van der Waals surface area (Å²) in [6, 6.07) is 17.1. The fourth-order valence-corrected chi connectivity index (χ4v) is 7.79. The first-order chi connectivity index (χ1) is 36.8. The SMILES string of the molecule is C=CC(=O)OCCCCOC(=O)c1cc(OC(=O)C2CCC(C(=O)Oc3ccc(OCCOCCOC(=O)C=C)cc3)CC2)ccc1OC(=O)C1CCC(C(=O)Oc2ccc(OCCOCCOC(=O)C=C)cc2)CC1. The smallest absolute Gasteiger partial charge is 0.342 e. The lowest BCUT2D eigenvalue weighted by Crippen LogP contribution is -2.31. The van der Waals surface area contributed by atoms with E-state index in [0.717, 1.165) is 18.2 Å². The molecule has 20 nitrogen and oxygen atoms in total. The molecule has 5 rings (SSSR count). The standard InChI is InChI=1S/C56H64O20/c1-4-49(57)69-27-7-8-28-72-56(64)47-37-46(75-54(62)40-11-9-38(10-12-40)52(60)73-44-21-17-42(18-22-44)67-33-29-65-31-35-70-50(58)5-2)25-26-48(47)76-55(63)41-15-13-39(14-16-41)53(61)74-45-23-19-43(20-24-45)68-34-30-66-32-36-71-51(59)6-3/h4-6,17-26,37-41H,1-3,7-16,27-36H2. The first kappa shape index (κ1) is 59.0. The van der Waals surface area contributed by atoms with Gasteiger partial charge in [0.05, 0.1) is 63.3 Å². The van der Waals surface area contributed by atoms with Crippen LogP contribution in [-0.4, -0.2) is 114 Å². The third kappa shape index (κ3) is 20.8. The van der Waals surface area contributed by atoms with Crippen LogP contribution in [0.3, 0.4) is 0 Å². The van der Waals surface area contributed by atoms with E-state index in [0.29, 0.717) is 87.2 Å². The summed E-state index contributed by atoms with van der Waals surface area (Å²) < 4.78 is 64.9. The molecule has 0 unspecified atom stereocenters. The second kappa shape index (κ2) is 32.5. The van der Waals surface area contributed by atoms with Crippen LogP contribution in [0.5, 0.6) is 34.5 Å². The Labute approximate surface area is 440 Å². The first-order valence-electron chi connectivity index (χ1n) is 25.0. The molecule has 3 aromatic rings. The quantitative estimate of drug-likeness (QED) is 0.0202. The first-order valence-corrected chi connectivity index (χ1v) is 25.0. The minimum absolute atomic E-state index is 0.00863. The molecule has 408 valence electrons. The molecule has 0 aromatic heterocycles. The zero-order valence-corrected chi connectivity index (χ0v) is 42.3. The summed E-state index contributed by atoms with van der Waals surface area (Å²) in [6.07, 6.45) is 6.69. The van der Waals surface area contributed by atoms with E-state index in [1.807, 2.05) is 0 Å². The van der Waals surface area contributed by atoms with Gasteiger partial charge in [-0.25, -0.2) is 19.2 Å². The van der Waals surface area contributed by atoms with Crippen molar-refractivity contribution in [2.45, 2.75) is 64.2 Å². The molecule has 0 saturated heterocycles. The van der Waals surface area contributed by atoms with E-state index in [1.54, 1.807) is 48.5 Å². The Hall–Kier alpha value is -7.84. The lowest BCUT2D eigenvalue weighted by atomic mass is 9.82. The lowest BCUT2D eigenvalue weighted by molar-refractivity contribution is -0.145. The Morgan fingerprint density at radius 1 is 0.382 bits per heavy atom. The van der Waals surface area contributed by atoms with E-state index >= 15 is 0 Å². The van der Waals surface area contributed by atoms with Crippen LogP contribution in [-0.2, 0) is 62.0 Å². The van der Waals surface area contributed by atoms with Crippen LogP contribution in [0.25, 0.3) is 0 Å². The Balaban J connectivity index is 1.07. The van der Waals surface area contributed by atoms with Gasteiger partial charge in [0, 0.05) is 18.2 Å². The number of unbranched alkanes of at least 4 members (excludes halogenated alkanes) is 1. The van der Waals surface area contributed by atoms with Crippen molar-refractivity contribution in [2.75, 3.05) is 66.1 Å². The van der Waals surface area contributed by atoms with E-state index in [1.165, 1.54) is 18.2 Å². The number of hydrogen-bond donors (Lipinski definition) is 0. The summed E-state index contributed by atoms with van der Waals surface area (Å²) in [6.45, 7) is 11.7. The summed E-state index contributed by atoms with van der Waals surface area (Å²) >= 11 is 0. The highest BCUT2D eigenvalue weighted by molar-refractivity contribution is 5.94. The van der Waals surface area contributed by atoms with E-state index in [9.17, 15) is 38.4 Å². The monoisotopic (exact) mass is 1060 g/mol. The van der Waals surface area contributed by atoms with Gasteiger partial charge < -0.3 is 56.8 Å². The van der Waals surface area contributed by atoms with Crippen molar-refractivity contribution in [1.82, 2.24) is 0 Å². The van der Waals surface area contributed by atoms with E-state index in [-0.39, 0.29) is 83.1 Å². The number of benzene rings is 3. The minimum atomic E-state index is -0.849. The van der Waals surface area contributed by atoms with Gasteiger partial charge in [-0.05, 0) is 131 Å². The van der Waals surface area contributed by atoms with Gasteiger partial charge in [-0.1, -0.05) is 19.7 Å². The van der Waals surface area contributed by atoms with Crippen molar-refractivity contribution < 1.29 is 95.2 Å². The minimum Gasteiger partial charge on any atom is -0.491 e. The number of ether oxygens (including phenoxy) is 12. The Kier molecular flexibility index (Phi) is 25.2. The Bertz CT molecular complexity index is 2430. The van der Waals surface area contributed by atoms with Crippen LogP contribution < -0.4 is 28.4 Å². The summed E-state index contributed by atoms with van der Waals surface area (Å²) in [4.78, 5) is 100.